The van der Waals surface area contributed by atoms with Crippen molar-refractivity contribution in [3.05, 3.63) is 90.3 Å². The zero-order valence-corrected chi connectivity index (χ0v) is 18.4. The van der Waals surface area contributed by atoms with Gasteiger partial charge in [-0.3, -0.25) is 9.78 Å². The van der Waals surface area contributed by atoms with Gasteiger partial charge in [0.15, 0.2) is 0 Å². The van der Waals surface area contributed by atoms with E-state index in [2.05, 4.69) is 15.5 Å². The summed E-state index contributed by atoms with van der Waals surface area (Å²) < 4.78 is 32.7. The maximum Gasteiger partial charge on any atom is 0.255 e. The van der Waals surface area contributed by atoms with Crippen LogP contribution in [0.25, 0.3) is 0 Å². The molecule has 0 saturated carbocycles. The van der Waals surface area contributed by atoms with Crippen molar-refractivity contribution < 1.29 is 17.9 Å². The van der Waals surface area contributed by atoms with Crippen molar-refractivity contribution in [3.8, 4) is 5.75 Å². The number of hydrazone groups is 1. The van der Waals surface area contributed by atoms with Crippen LogP contribution < -0.4 is 10.2 Å². The normalized spacial score (nSPS) is 11.6. The Morgan fingerprint density at radius 2 is 1.75 bits per heavy atom. The van der Waals surface area contributed by atoms with Crippen molar-refractivity contribution in [1.29, 1.82) is 0 Å². The van der Waals surface area contributed by atoms with Crippen LogP contribution in [0.1, 0.15) is 11.1 Å². The Labute approximate surface area is 187 Å². The van der Waals surface area contributed by atoms with Gasteiger partial charge in [-0.1, -0.05) is 30.3 Å². The van der Waals surface area contributed by atoms with Crippen molar-refractivity contribution in [3.63, 3.8) is 0 Å². The van der Waals surface area contributed by atoms with Crippen LogP contribution in [0.4, 0.5) is 0 Å². The van der Waals surface area contributed by atoms with E-state index in [0.29, 0.717) is 12.2 Å². The number of ether oxygens (including phenoxy) is 1. The van der Waals surface area contributed by atoms with E-state index < -0.39 is 15.9 Å². The zero-order valence-electron chi connectivity index (χ0n) is 17.6. The molecule has 0 aliphatic rings. The summed E-state index contributed by atoms with van der Waals surface area (Å²) in [5, 5.41) is 3.90. The molecule has 1 N–H and O–H groups in total. The van der Waals surface area contributed by atoms with E-state index >= 15 is 0 Å². The second-order valence-corrected chi connectivity index (χ2v) is 8.76. The third-order valence-electron chi connectivity index (χ3n) is 4.62. The Bertz CT molecular complexity index is 1140. The van der Waals surface area contributed by atoms with Gasteiger partial charge in [0.1, 0.15) is 5.75 Å². The minimum Gasteiger partial charge on any atom is -0.497 e. The van der Waals surface area contributed by atoms with E-state index in [9.17, 15) is 13.2 Å². The lowest BCUT2D eigenvalue weighted by molar-refractivity contribution is -0.121. The first-order valence-electron chi connectivity index (χ1n) is 9.89. The van der Waals surface area contributed by atoms with Crippen LogP contribution in [0.5, 0.6) is 5.75 Å². The molecule has 3 rings (SSSR count). The highest BCUT2D eigenvalue weighted by atomic mass is 32.2. The first-order chi connectivity index (χ1) is 15.5. The number of sulfonamides is 1. The predicted molar refractivity (Wildman–Crippen MR) is 122 cm³/mol. The van der Waals surface area contributed by atoms with Crippen LogP contribution in [0.2, 0.25) is 0 Å². The van der Waals surface area contributed by atoms with Crippen molar-refractivity contribution in [1.82, 2.24) is 14.7 Å². The third kappa shape index (κ3) is 6.47. The number of carbonyl (C=O) groups is 1. The predicted octanol–water partition coefficient (Wildman–Crippen LogP) is 2.47. The molecule has 0 aliphatic heterocycles. The number of carbonyl (C=O) groups excluding carboxylic acids is 1. The Hall–Kier alpha value is -3.56. The van der Waals surface area contributed by atoms with Crippen LogP contribution in [0.15, 0.2) is 89.1 Å². The van der Waals surface area contributed by atoms with Gasteiger partial charge in [-0.2, -0.15) is 9.41 Å². The van der Waals surface area contributed by atoms with E-state index in [-0.39, 0.29) is 18.0 Å². The van der Waals surface area contributed by atoms with Gasteiger partial charge in [0.25, 0.3) is 5.91 Å². The van der Waals surface area contributed by atoms with Crippen LogP contribution in [-0.4, -0.2) is 50.0 Å². The summed E-state index contributed by atoms with van der Waals surface area (Å²) in [6.45, 7) is -0.227. The first-order valence-corrected chi connectivity index (χ1v) is 11.3. The van der Waals surface area contributed by atoms with Crippen LogP contribution >= 0.6 is 0 Å². The quantitative estimate of drug-likeness (QED) is 0.376. The molecular weight excluding hydrogens is 428 g/mol. The van der Waals surface area contributed by atoms with Crippen molar-refractivity contribution in [2.75, 3.05) is 20.2 Å². The number of benzene rings is 2. The highest BCUT2D eigenvalue weighted by Gasteiger charge is 2.26. The molecule has 0 bridgehead atoms. The van der Waals surface area contributed by atoms with Gasteiger partial charge in [0.05, 0.1) is 24.8 Å². The van der Waals surface area contributed by atoms with Gasteiger partial charge in [0.2, 0.25) is 10.0 Å². The molecule has 0 spiro atoms. The van der Waals surface area contributed by atoms with Gasteiger partial charge in [-0.05, 0) is 53.9 Å². The van der Waals surface area contributed by atoms with Crippen molar-refractivity contribution in [2.45, 2.75) is 11.3 Å². The molecule has 0 atom stereocenters. The molecule has 1 aromatic heterocycles. The van der Waals surface area contributed by atoms with E-state index in [1.54, 1.807) is 36.7 Å². The van der Waals surface area contributed by atoms with Gasteiger partial charge >= 0.3 is 0 Å². The molecule has 2 aromatic carbocycles. The maximum atomic E-state index is 13.2. The molecule has 0 aliphatic carbocycles. The number of methoxy groups -OCH3 is 1. The molecule has 0 fully saturated rings. The van der Waals surface area contributed by atoms with Crippen LogP contribution in [0.3, 0.4) is 0 Å². The highest BCUT2D eigenvalue weighted by molar-refractivity contribution is 7.89. The molecule has 166 valence electrons. The topological polar surface area (TPSA) is 101 Å². The molecule has 3 aromatic rings. The Kier molecular flexibility index (Phi) is 8.07. The van der Waals surface area contributed by atoms with Gasteiger partial charge in [-0.15, -0.1) is 0 Å². The Morgan fingerprint density at radius 1 is 1.06 bits per heavy atom. The lowest BCUT2D eigenvalue weighted by Crippen LogP contribution is -2.40. The number of hydrogen-bond donors (Lipinski definition) is 1. The molecule has 0 unspecified atom stereocenters. The van der Waals surface area contributed by atoms with Crippen molar-refractivity contribution in [2.24, 2.45) is 5.10 Å². The number of amides is 1. The van der Waals surface area contributed by atoms with Crippen LogP contribution in [-0.2, 0) is 21.2 Å². The summed E-state index contributed by atoms with van der Waals surface area (Å²) in [4.78, 5) is 16.5. The van der Waals surface area contributed by atoms with Gasteiger partial charge in [0, 0.05) is 18.9 Å². The fourth-order valence-corrected chi connectivity index (χ4v) is 4.30. The SMILES string of the molecule is COc1ccc(S(=O)(=O)N(CCc2ccccc2)CC(=O)N/N=C\c2ccncc2)cc1. The number of pyridine rings is 1. The Morgan fingerprint density at radius 3 is 2.41 bits per heavy atom. The summed E-state index contributed by atoms with van der Waals surface area (Å²) in [5.41, 5.74) is 4.11. The molecule has 0 radical (unpaired) electrons. The van der Waals surface area contributed by atoms with E-state index in [1.807, 2.05) is 30.3 Å². The lowest BCUT2D eigenvalue weighted by Gasteiger charge is -2.21. The monoisotopic (exact) mass is 452 g/mol. The summed E-state index contributed by atoms with van der Waals surface area (Å²) >= 11 is 0. The minimum atomic E-state index is -3.91. The first kappa shape index (κ1) is 23.1. The molecular formula is C23H24N4O4S. The molecule has 8 nitrogen and oxygen atoms in total. The number of rotatable bonds is 10. The maximum absolute atomic E-state index is 13.2. The smallest absolute Gasteiger partial charge is 0.255 e. The molecule has 0 saturated heterocycles. The van der Waals surface area contributed by atoms with Gasteiger partial charge < -0.3 is 4.74 Å². The standard InChI is InChI=1S/C23H24N4O4S/c1-31-21-7-9-22(10-8-21)32(29,30)27(16-13-19-5-3-2-4-6-19)18-23(28)26-25-17-20-11-14-24-15-12-20/h2-12,14-15,17H,13,16,18H2,1H3,(H,26,28)/b25-17-. The second kappa shape index (κ2) is 11.2. The molecule has 1 heterocycles. The molecule has 32 heavy (non-hydrogen) atoms. The average Bonchev–Trinajstić information content (AvgIpc) is 2.83. The average molecular weight is 453 g/mol. The largest absolute Gasteiger partial charge is 0.497 e. The van der Waals surface area contributed by atoms with Crippen LogP contribution in [0, 0.1) is 0 Å². The van der Waals surface area contributed by atoms with E-state index in [4.69, 9.17) is 4.74 Å². The summed E-state index contributed by atoms with van der Waals surface area (Å²) in [7, 11) is -2.41. The third-order valence-corrected chi connectivity index (χ3v) is 6.48. The number of aromatic nitrogens is 1. The number of nitrogens with zero attached hydrogens (tertiary/aromatic N) is 3. The number of hydrogen-bond acceptors (Lipinski definition) is 6. The van der Waals surface area contributed by atoms with Gasteiger partial charge in [-0.25, -0.2) is 13.8 Å². The Balaban J connectivity index is 1.74. The summed E-state index contributed by atoms with van der Waals surface area (Å²) in [6, 6.07) is 19.0. The van der Waals surface area contributed by atoms with E-state index in [0.717, 1.165) is 15.4 Å². The molecule has 1 amide bonds. The minimum absolute atomic E-state index is 0.0828. The second-order valence-electron chi connectivity index (χ2n) is 6.82. The van der Waals surface area contributed by atoms with Crippen molar-refractivity contribution >= 4 is 22.1 Å². The fourth-order valence-electron chi connectivity index (χ4n) is 2.90. The number of nitrogens with one attached hydrogen (secondary N) is 1. The summed E-state index contributed by atoms with van der Waals surface area (Å²) in [5.74, 6) is 0.00318. The highest BCUT2D eigenvalue weighted by Crippen LogP contribution is 2.20. The zero-order chi connectivity index (χ0) is 22.8. The molecule has 9 heteroatoms. The van der Waals surface area contributed by atoms with E-state index in [1.165, 1.54) is 25.5 Å². The lowest BCUT2D eigenvalue weighted by atomic mass is 10.1. The fraction of sp³-hybridized carbons (Fsp3) is 0.174. The summed E-state index contributed by atoms with van der Waals surface area (Å²) in [6.07, 6.45) is 5.14.